The van der Waals surface area contributed by atoms with Crippen LogP contribution in [0, 0.1) is 12.1 Å². The minimum absolute atomic E-state index is 0. The molecule has 0 fully saturated rings. The molecule has 0 atom stereocenters. The smallest absolute Gasteiger partial charge is 0.0233 e. The molecular weight excluding hydrogens is 446 g/mol. The molecule has 0 aliphatic carbocycles. The van der Waals surface area contributed by atoms with Crippen molar-refractivity contribution in [1.29, 1.82) is 0 Å². The summed E-state index contributed by atoms with van der Waals surface area (Å²) in [5.74, 6) is 0. The van der Waals surface area contributed by atoms with Gasteiger partial charge in [-0.2, -0.15) is 0 Å². The van der Waals surface area contributed by atoms with Gasteiger partial charge in [0.2, 0.25) is 0 Å². The average Bonchev–Trinajstić information content (AvgIpc) is 2.40. The van der Waals surface area contributed by atoms with Crippen molar-refractivity contribution in [2.45, 2.75) is 13.1 Å². The van der Waals surface area contributed by atoms with Gasteiger partial charge in [0.15, 0.2) is 0 Å². The molecular formula is C18H24BrN2Sb-. The van der Waals surface area contributed by atoms with Crippen LogP contribution in [0.4, 0.5) is 0 Å². The Balaban J connectivity index is 0. The average molecular weight is 470 g/mol. The van der Waals surface area contributed by atoms with Gasteiger partial charge in [0.1, 0.15) is 0 Å². The molecule has 119 valence electrons. The van der Waals surface area contributed by atoms with E-state index in [1.165, 1.54) is 11.1 Å². The second kappa shape index (κ2) is 14.3. The molecule has 2 rings (SSSR count). The van der Waals surface area contributed by atoms with Gasteiger partial charge in [0.25, 0.3) is 0 Å². The molecule has 0 spiro atoms. The minimum atomic E-state index is 0. The van der Waals surface area contributed by atoms with Crippen LogP contribution in [0.5, 0.6) is 0 Å². The first-order chi connectivity index (χ1) is 9.58. The Morgan fingerprint density at radius 1 is 0.727 bits per heavy atom. The van der Waals surface area contributed by atoms with Crippen LogP contribution in [-0.4, -0.2) is 62.4 Å². The molecule has 0 aliphatic heterocycles. The third-order valence-electron chi connectivity index (χ3n) is 2.52. The van der Waals surface area contributed by atoms with Crippen LogP contribution >= 0.6 is 0 Å². The standard InChI is InChI=1S/2C9H12N.BrH.Sb/c2*1-10(2)8-9-6-4-3-5-7-9;;/h2*3-6H,8H2,1-2H3;1H;/p-1. The first-order valence-electron chi connectivity index (χ1n) is 6.78. The molecule has 0 aromatic heterocycles. The third kappa shape index (κ3) is 12.2. The predicted molar refractivity (Wildman–Crippen MR) is 91.1 cm³/mol. The minimum Gasteiger partial charge on any atom is -1.00 e. The number of hydrogen-bond donors (Lipinski definition) is 0. The van der Waals surface area contributed by atoms with Crippen molar-refractivity contribution in [1.82, 2.24) is 9.80 Å². The van der Waals surface area contributed by atoms with E-state index in [9.17, 15) is 0 Å². The van der Waals surface area contributed by atoms with Crippen molar-refractivity contribution in [3.8, 4) is 0 Å². The summed E-state index contributed by atoms with van der Waals surface area (Å²) >= 11 is 0. The molecule has 2 nitrogen and oxygen atoms in total. The Bertz CT molecular complexity index is 416. The number of benzene rings is 2. The predicted octanol–water partition coefficient (Wildman–Crippen LogP) is -0.280. The summed E-state index contributed by atoms with van der Waals surface area (Å²) in [6.07, 6.45) is 0. The summed E-state index contributed by atoms with van der Waals surface area (Å²) in [4.78, 5) is 4.26. The first-order valence-corrected chi connectivity index (χ1v) is 6.78. The molecule has 0 N–H and O–H groups in total. The maximum atomic E-state index is 3.16. The van der Waals surface area contributed by atoms with Crippen LogP contribution in [0.15, 0.2) is 48.5 Å². The van der Waals surface area contributed by atoms with Crippen molar-refractivity contribution in [3.05, 3.63) is 71.8 Å². The molecule has 0 amide bonds. The SMILES string of the molecule is CN(C)Cc1[c]cccc1.CN(C)Cc1[c]cccc1.[Br-].[Sb]. The topological polar surface area (TPSA) is 6.48 Å². The fourth-order valence-corrected chi connectivity index (χ4v) is 1.74. The van der Waals surface area contributed by atoms with Crippen molar-refractivity contribution in [3.63, 3.8) is 0 Å². The van der Waals surface area contributed by atoms with Crippen molar-refractivity contribution in [2.75, 3.05) is 28.2 Å². The molecule has 22 heavy (non-hydrogen) atoms. The zero-order chi connectivity index (χ0) is 14.8. The van der Waals surface area contributed by atoms with Crippen LogP contribution in [0.25, 0.3) is 0 Å². The normalized spacial score (nSPS) is 9.36. The quantitative estimate of drug-likeness (QED) is 0.568. The van der Waals surface area contributed by atoms with Crippen LogP contribution in [-0.2, 0) is 13.1 Å². The van der Waals surface area contributed by atoms with Gasteiger partial charge >= 0.3 is 0 Å². The van der Waals surface area contributed by atoms with Gasteiger partial charge < -0.3 is 26.8 Å². The van der Waals surface area contributed by atoms with Crippen molar-refractivity contribution >= 4 is 24.4 Å². The van der Waals surface area contributed by atoms with Gasteiger partial charge in [0.05, 0.1) is 0 Å². The van der Waals surface area contributed by atoms with Gasteiger partial charge in [-0.05, 0) is 51.5 Å². The van der Waals surface area contributed by atoms with Crippen molar-refractivity contribution < 1.29 is 17.0 Å². The van der Waals surface area contributed by atoms with Gasteiger partial charge in [-0.25, -0.2) is 0 Å². The fourth-order valence-electron chi connectivity index (χ4n) is 1.74. The second-order valence-electron chi connectivity index (χ2n) is 5.25. The van der Waals surface area contributed by atoms with Gasteiger partial charge in [0, 0.05) is 37.5 Å². The summed E-state index contributed by atoms with van der Waals surface area (Å²) < 4.78 is 0. The summed E-state index contributed by atoms with van der Waals surface area (Å²) in [7, 11) is 8.23. The Hall–Kier alpha value is -0.342. The molecule has 5 radical (unpaired) electrons. The second-order valence-corrected chi connectivity index (χ2v) is 5.25. The number of rotatable bonds is 4. The first kappa shape index (κ1) is 23.9. The summed E-state index contributed by atoms with van der Waals surface area (Å²) in [5.41, 5.74) is 2.49. The maximum Gasteiger partial charge on any atom is 0.0233 e. The third-order valence-corrected chi connectivity index (χ3v) is 2.52. The van der Waals surface area contributed by atoms with E-state index in [-0.39, 0.29) is 41.4 Å². The molecule has 0 aliphatic rings. The molecule has 4 heteroatoms. The van der Waals surface area contributed by atoms with Gasteiger partial charge in [-0.3, -0.25) is 0 Å². The van der Waals surface area contributed by atoms with E-state index in [0.717, 1.165) is 13.1 Å². The van der Waals surface area contributed by atoms with Crippen molar-refractivity contribution in [2.24, 2.45) is 0 Å². The van der Waals surface area contributed by atoms with Crippen LogP contribution in [0.2, 0.25) is 0 Å². The van der Waals surface area contributed by atoms with E-state index >= 15 is 0 Å². The summed E-state index contributed by atoms with van der Waals surface area (Å²) in [6, 6.07) is 22.4. The van der Waals surface area contributed by atoms with E-state index in [0.29, 0.717) is 0 Å². The Morgan fingerprint density at radius 3 is 1.32 bits per heavy atom. The fraction of sp³-hybridized carbons (Fsp3) is 0.333. The molecule has 0 heterocycles. The summed E-state index contributed by atoms with van der Waals surface area (Å²) in [6.45, 7) is 1.95. The monoisotopic (exact) mass is 468 g/mol. The van der Waals surface area contributed by atoms with E-state index in [1.807, 2.05) is 36.4 Å². The maximum absolute atomic E-state index is 3.16. The molecule has 0 unspecified atom stereocenters. The van der Waals surface area contributed by atoms with E-state index in [2.05, 4.69) is 62.3 Å². The zero-order valence-corrected chi connectivity index (χ0v) is 17.9. The largest absolute Gasteiger partial charge is 1.00 e. The van der Waals surface area contributed by atoms with E-state index < -0.39 is 0 Å². The van der Waals surface area contributed by atoms with Crippen LogP contribution in [0.3, 0.4) is 0 Å². The Kier molecular flexibility index (Phi) is 15.5. The molecule has 0 saturated heterocycles. The molecule has 0 bridgehead atoms. The number of halogens is 1. The Labute approximate surface area is 163 Å². The van der Waals surface area contributed by atoms with E-state index in [4.69, 9.17) is 0 Å². The molecule has 0 saturated carbocycles. The number of hydrogen-bond acceptors (Lipinski definition) is 2. The zero-order valence-electron chi connectivity index (χ0n) is 13.8. The Morgan fingerprint density at radius 2 is 1.09 bits per heavy atom. The van der Waals surface area contributed by atoms with Gasteiger partial charge in [-0.15, -0.1) is 0 Å². The van der Waals surface area contributed by atoms with Crippen LogP contribution in [0.1, 0.15) is 11.1 Å². The molecule has 2 aromatic rings. The van der Waals surface area contributed by atoms with E-state index in [1.54, 1.807) is 0 Å². The summed E-state index contributed by atoms with van der Waals surface area (Å²) in [5, 5.41) is 0. The number of nitrogens with zero attached hydrogens (tertiary/aromatic N) is 2. The molecule has 2 aromatic carbocycles. The van der Waals surface area contributed by atoms with Crippen LogP contribution < -0.4 is 17.0 Å². The van der Waals surface area contributed by atoms with Gasteiger partial charge in [-0.1, -0.05) is 48.5 Å².